The van der Waals surface area contributed by atoms with E-state index < -0.39 is 0 Å². The Kier molecular flexibility index (Phi) is 5.01. The largest absolute Gasteiger partial charge is 0.490 e. The molecule has 23 heavy (non-hydrogen) atoms. The Morgan fingerprint density at radius 3 is 2.35 bits per heavy atom. The second-order valence-corrected chi connectivity index (χ2v) is 6.00. The fraction of sp³-hybridized carbons (Fsp3) is 0.421. The van der Waals surface area contributed by atoms with Gasteiger partial charge >= 0.3 is 0 Å². The lowest BCUT2D eigenvalue weighted by Gasteiger charge is -2.30. The molecule has 122 valence electrons. The number of nitrogens with zero attached hydrogens (tertiary/aromatic N) is 1. The summed E-state index contributed by atoms with van der Waals surface area (Å²) in [7, 11) is 3.26. The van der Waals surface area contributed by atoms with Crippen LogP contribution in [0.3, 0.4) is 0 Å². The third-order valence-corrected chi connectivity index (χ3v) is 4.63. The molecular weight excluding hydrogens is 288 g/mol. The highest BCUT2D eigenvalue weighted by atomic mass is 16.5. The number of methoxy groups -OCH3 is 2. The van der Waals surface area contributed by atoms with Crippen LogP contribution in [0.2, 0.25) is 0 Å². The van der Waals surface area contributed by atoms with Crippen LogP contribution in [-0.4, -0.2) is 25.2 Å². The molecule has 1 aliphatic carbocycles. The molecule has 0 unspecified atom stereocenters. The maximum atomic E-state index is 5.45. The van der Waals surface area contributed by atoms with Gasteiger partial charge in [-0.2, -0.15) is 0 Å². The number of hydrogen-bond donors (Lipinski definition) is 1. The minimum Gasteiger partial charge on any atom is -0.490 e. The fourth-order valence-electron chi connectivity index (χ4n) is 3.40. The van der Waals surface area contributed by atoms with Gasteiger partial charge in [-0.1, -0.05) is 30.3 Å². The molecule has 4 heteroatoms. The van der Waals surface area contributed by atoms with Crippen molar-refractivity contribution in [1.82, 2.24) is 4.98 Å². The van der Waals surface area contributed by atoms with Gasteiger partial charge in [-0.15, -0.1) is 0 Å². The van der Waals surface area contributed by atoms with Crippen LogP contribution in [-0.2, 0) is 0 Å². The Labute approximate surface area is 137 Å². The van der Waals surface area contributed by atoms with Gasteiger partial charge in [0, 0.05) is 12.2 Å². The van der Waals surface area contributed by atoms with Crippen LogP contribution in [0.1, 0.15) is 37.2 Å². The van der Waals surface area contributed by atoms with E-state index in [9.17, 15) is 0 Å². The zero-order chi connectivity index (χ0) is 16.1. The standard InChI is InChI=1S/C19H24N2O2/c1-22-18-17(12-13-20-19(18)23-2)21-16-10-8-15(9-11-16)14-6-4-3-5-7-14/h3-7,12-13,15-16H,8-11H2,1-2H3,(H,20,21)/t15-,16+. The molecule has 0 spiro atoms. The second-order valence-electron chi connectivity index (χ2n) is 6.00. The summed E-state index contributed by atoms with van der Waals surface area (Å²) in [5.74, 6) is 1.89. The topological polar surface area (TPSA) is 43.4 Å². The second kappa shape index (κ2) is 7.36. The third kappa shape index (κ3) is 3.58. The third-order valence-electron chi connectivity index (χ3n) is 4.63. The first-order valence-electron chi connectivity index (χ1n) is 8.20. The zero-order valence-electron chi connectivity index (χ0n) is 13.8. The molecule has 4 nitrogen and oxygen atoms in total. The van der Waals surface area contributed by atoms with E-state index in [4.69, 9.17) is 9.47 Å². The van der Waals surface area contributed by atoms with Gasteiger partial charge in [0.1, 0.15) is 0 Å². The summed E-state index contributed by atoms with van der Waals surface area (Å²) in [5.41, 5.74) is 2.43. The van der Waals surface area contributed by atoms with Crippen molar-refractivity contribution in [3.63, 3.8) is 0 Å². The highest BCUT2D eigenvalue weighted by Crippen LogP contribution is 2.37. The first-order chi connectivity index (χ1) is 11.3. The van der Waals surface area contributed by atoms with Gasteiger partial charge in [-0.25, -0.2) is 4.98 Å². The van der Waals surface area contributed by atoms with Gasteiger partial charge in [0.05, 0.1) is 19.9 Å². The quantitative estimate of drug-likeness (QED) is 0.897. The molecule has 3 rings (SSSR count). The lowest BCUT2D eigenvalue weighted by Crippen LogP contribution is -2.25. The summed E-state index contributed by atoms with van der Waals surface area (Å²) in [6.45, 7) is 0. The number of aromatic nitrogens is 1. The molecule has 1 aliphatic rings. The predicted molar refractivity (Wildman–Crippen MR) is 92.4 cm³/mol. The van der Waals surface area contributed by atoms with E-state index in [0.717, 1.165) is 18.5 Å². The molecule has 0 atom stereocenters. The molecule has 0 saturated heterocycles. The van der Waals surface area contributed by atoms with E-state index in [2.05, 4.69) is 40.6 Å². The van der Waals surface area contributed by atoms with Gasteiger partial charge in [-0.3, -0.25) is 0 Å². The molecule has 1 saturated carbocycles. The van der Waals surface area contributed by atoms with Crippen molar-refractivity contribution in [3.05, 3.63) is 48.2 Å². The van der Waals surface area contributed by atoms with Crippen LogP contribution in [0.4, 0.5) is 5.69 Å². The van der Waals surface area contributed by atoms with Crippen molar-refractivity contribution >= 4 is 5.69 Å². The van der Waals surface area contributed by atoms with E-state index in [1.807, 2.05) is 6.07 Å². The molecule has 0 amide bonds. The van der Waals surface area contributed by atoms with Crippen molar-refractivity contribution in [3.8, 4) is 11.6 Å². The zero-order valence-corrected chi connectivity index (χ0v) is 13.8. The summed E-state index contributed by atoms with van der Waals surface area (Å²) in [4.78, 5) is 4.19. The maximum Gasteiger partial charge on any atom is 0.258 e. The average molecular weight is 312 g/mol. The van der Waals surface area contributed by atoms with Crippen molar-refractivity contribution in [1.29, 1.82) is 0 Å². The number of hydrogen-bond acceptors (Lipinski definition) is 4. The Hall–Kier alpha value is -2.23. The number of anilines is 1. The van der Waals surface area contributed by atoms with Crippen molar-refractivity contribution < 1.29 is 9.47 Å². The number of pyridine rings is 1. The molecule has 0 radical (unpaired) electrons. The Balaban J connectivity index is 1.63. The van der Waals surface area contributed by atoms with Gasteiger partial charge < -0.3 is 14.8 Å². The Bertz CT molecular complexity index is 623. The number of nitrogens with one attached hydrogen (secondary N) is 1. The molecule has 1 N–H and O–H groups in total. The minimum atomic E-state index is 0.468. The normalized spacial score (nSPS) is 20.8. The van der Waals surface area contributed by atoms with Crippen LogP contribution in [0, 0.1) is 0 Å². The predicted octanol–water partition coefficient (Wildman–Crippen LogP) is 4.24. The molecule has 2 aromatic rings. The molecule has 1 heterocycles. The maximum absolute atomic E-state index is 5.45. The first kappa shape index (κ1) is 15.7. The minimum absolute atomic E-state index is 0.468. The highest BCUT2D eigenvalue weighted by molar-refractivity contribution is 5.61. The van der Waals surface area contributed by atoms with E-state index in [0.29, 0.717) is 23.6 Å². The van der Waals surface area contributed by atoms with Gasteiger partial charge in [0.2, 0.25) is 5.75 Å². The lowest BCUT2D eigenvalue weighted by atomic mass is 9.82. The smallest absolute Gasteiger partial charge is 0.258 e. The summed E-state index contributed by atoms with van der Waals surface area (Å²) < 4.78 is 10.7. The number of benzene rings is 1. The van der Waals surface area contributed by atoms with E-state index in [1.165, 1.54) is 18.4 Å². The van der Waals surface area contributed by atoms with E-state index in [-0.39, 0.29) is 0 Å². The first-order valence-corrected chi connectivity index (χ1v) is 8.20. The SMILES string of the molecule is COc1nccc(N[C@H]2CC[C@@H](c3ccccc3)CC2)c1OC. The fourth-order valence-corrected chi connectivity index (χ4v) is 3.40. The van der Waals surface area contributed by atoms with Crippen LogP contribution >= 0.6 is 0 Å². The monoisotopic (exact) mass is 312 g/mol. The summed E-state index contributed by atoms with van der Waals surface area (Å²) >= 11 is 0. The van der Waals surface area contributed by atoms with Crippen molar-refractivity contribution in [2.45, 2.75) is 37.6 Å². The summed E-state index contributed by atoms with van der Waals surface area (Å²) in [5, 5.41) is 3.60. The molecule has 1 aromatic carbocycles. The van der Waals surface area contributed by atoms with Crippen LogP contribution < -0.4 is 14.8 Å². The van der Waals surface area contributed by atoms with E-state index in [1.54, 1.807) is 20.4 Å². The molecule has 1 fully saturated rings. The average Bonchev–Trinajstić information content (AvgIpc) is 2.63. The van der Waals surface area contributed by atoms with Crippen molar-refractivity contribution in [2.75, 3.05) is 19.5 Å². The summed E-state index contributed by atoms with van der Waals surface area (Å²) in [6, 6.07) is 13.3. The van der Waals surface area contributed by atoms with Gasteiger partial charge in [0.15, 0.2) is 0 Å². The molecule has 0 aliphatic heterocycles. The number of ether oxygens (including phenoxy) is 2. The van der Waals surface area contributed by atoms with Crippen LogP contribution in [0.25, 0.3) is 0 Å². The molecule has 0 bridgehead atoms. The van der Waals surface area contributed by atoms with E-state index >= 15 is 0 Å². The van der Waals surface area contributed by atoms with Gasteiger partial charge in [-0.05, 0) is 43.2 Å². The molecule has 1 aromatic heterocycles. The summed E-state index contributed by atoms with van der Waals surface area (Å²) in [6.07, 6.45) is 6.50. The van der Waals surface area contributed by atoms with Crippen LogP contribution in [0.5, 0.6) is 11.6 Å². The van der Waals surface area contributed by atoms with Gasteiger partial charge in [0.25, 0.3) is 5.88 Å². The number of rotatable bonds is 5. The Morgan fingerprint density at radius 2 is 1.70 bits per heavy atom. The molecular formula is C19H24N2O2. The highest BCUT2D eigenvalue weighted by Gasteiger charge is 2.23. The van der Waals surface area contributed by atoms with Crippen molar-refractivity contribution in [2.24, 2.45) is 0 Å². The lowest BCUT2D eigenvalue weighted by molar-refractivity contribution is 0.343. The Morgan fingerprint density at radius 1 is 0.957 bits per heavy atom. The van der Waals surface area contributed by atoms with Crippen LogP contribution in [0.15, 0.2) is 42.6 Å².